The summed E-state index contributed by atoms with van der Waals surface area (Å²) in [5, 5.41) is 2.45. The van der Waals surface area contributed by atoms with Gasteiger partial charge in [-0.15, -0.1) is 0 Å². The maximum Gasteiger partial charge on any atom is 0.257 e. The molecule has 0 spiro atoms. The zero-order chi connectivity index (χ0) is 19.7. The Kier molecular flexibility index (Phi) is 8.20. The fourth-order valence-corrected chi connectivity index (χ4v) is 2.08. The van der Waals surface area contributed by atoms with Crippen molar-refractivity contribution in [2.75, 3.05) is 27.9 Å². The average molecular weight is 367 g/mol. The molecule has 1 aromatic carbocycles. The van der Waals surface area contributed by atoms with Crippen LogP contribution in [0.1, 0.15) is 30.6 Å². The van der Waals surface area contributed by atoms with Gasteiger partial charge in [0, 0.05) is 12.0 Å². The maximum atomic E-state index is 12.2. The summed E-state index contributed by atoms with van der Waals surface area (Å²) in [6, 6.07) is 2.94. The zero-order valence-corrected chi connectivity index (χ0v) is 15.6. The molecule has 0 heterocycles. The van der Waals surface area contributed by atoms with Gasteiger partial charge in [-0.3, -0.25) is 25.2 Å². The van der Waals surface area contributed by atoms with Gasteiger partial charge in [0.05, 0.1) is 27.9 Å². The van der Waals surface area contributed by atoms with Crippen molar-refractivity contribution >= 4 is 17.7 Å². The van der Waals surface area contributed by atoms with E-state index in [1.807, 2.05) is 13.8 Å². The van der Waals surface area contributed by atoms with E-state index in [0.717, 1.165) is 0 Å². The topological polar surface area (TPSA) is 115 Å². The quantitative estimate of drug-likeness (QED) is 0.581. The van der Waals surface area contributed by atoms with Crippen LogP contribution in [0.25, 0.3) is 0 Å². The van der Waals surface area contributed by atoms with Crippen molar-refractivity contribution in [1.82, 2.24) is 16.2 Å². The van der Waals surface area contributed by atoms with E-state index in [1.54, 1.807) is 0 Å². The number of hydrogen-bond donors (Lipinski definition) is 3. The molecule has 0 atom stereocenters. The summed E-state index contributed by atoms with van der Waals surface area (Å²) in [6.07, 6.45) is 0.290. The predicted octanol–water partition coefficient (Wildman–Crippen LogP) is 0.636. The standard InChI is InChI=1S/C17H25N3O6/c1-10(2)6-14(21)19-20-15(22)9-18-17(23)11-7-12(24-3)16(26-5)13(8-11)25-4/h7-8,10H,6,9H2,1-5H3,(H,18,23)(H,19,21)(H,20,22). The molecule has 9 heteroatoms. The molecule has 0 aromatic heterocycles. The predicted molar refractivity (Wildman–Crippen MR) is 94.2 cm³/mol. The van der Waals surface area contributed by atoms with E-state index in [2.05, 4.69) is 16.2 Å². The Morgan fingerprint density at radius 3 is 1.92 bits per heavy atom. The van der Waals surface area contributed by atoms with Gasteiger partial charge >= 0.3 is 0 Å². The van der Waals surface area contributed by atoms with Crippen molar-refractivity contribution in [3.8, 4) is 17.2 Å². The summed E-state index contributed by atoms with van der Waals surface area (Å²) in [5.41, 5.74) is 4.75. The van der Waals surface area contributed by atoms with E-state index in [9.17, 15) is 14.4 Å². The van der Waals surface area contributed by atoms with Crippen LogP contribution in [-0.4, -0.2) is 45.6 Å². The van der Waals surface area contributed by atoms with Gasteiger partial charge in [0.2, 0.25) is 11.7 Å². The Labute approximate surface area is 152 Å². The van der Waals surface area contributed by atoms with Crippen LogP contribution >= 0.6 is 0 Å². The highest BCUT2D eigenvalue weighted by Crippen LogP contribution is 2.38. The molecule has 1 aromatic rings. The Morgan fingerprint density at radius 1 is 0.923 bits per heavy atom. The molecule has 0 aliphatic rings. The molecule has 0 unspecified atom stereocenters. The fourth-order valence-electron chi connectivity index (χ4n) is 2.08. The number of carbonyl (C=O) groups excluding carboxylic acids is 3. The molecule has 0 saturated carbocycles. The number of benzene rings is 1. The smallest absolute Gasteiger partial charge is 0.257 e. The Balaban J connectivity index is 2.65. The lowest BCUT2D eigenvalue weighted by Crippen LogP contribution is -2.46. The second-order valence-electron chi connectivity index (χ2n) is 5.79. The van der Waals surface area contributed by atoms with Crippen molar-refractivity contribution in [2.24, 2.45) is 5.92 Å². The van der Waals surface area contributed by atoms with Gasteiger partial charge in [-0.05, 0) is 18.1 Å². The first-order chi connectivity index (χ1) is 12.3. The molecule has 3 amide bonds. The van der Waals surface area contributed by atoms with Crippen molar-refractivity contribution in [1.29, 1.82) is 0 Å². The number of hydrogen-bond acceptors (Lipinski definition) is 6. The highest BCUT2D eigenvalue weighted by atomic mass is 16.5. The molecule has 9 nitrogen and oxygen atoms in total. The third-order valence-corrected chi connectivity index (χ3v) is 3.27. The van der Waals surface area contributed by atoms with E-state index in [1.165, 1.54) is 33.5 Å². The van der Waals surface area contributed by atoms with E-state index in [0.29, 0.717) is 17.2 Å². The van der Waals surface area contributed by atoms with Gasteiger partial charge in [0.1, 0.15) is 0 Å². The lowest BCUT2D eigenvalue weighted by molar-refractivity contribution is -0.128. The molecule has 0 aliphatic carbocycles. The molecule has 0 fully saturated rings. The van der Waals surface area contributed by atoms with Gasteiger partial charge in [0.25, 0.3) is 11.8 Å². The SMILES string of the molecule is COc1cc(C(=O)NCC(=O)NNC(=O)CC(C)C)cc(OC)c1OC. The van der Waals surface area contributed by atoms with E-state index in [4.69, 9.17) is 14.2 Å². The summed E-state index contributed by atoms with van der Waals surface area (Å²) in [4.78, 5) is 35.4. The fraction of sp³-hybridized carbons (Fsp3) is 0.471. The molecule has 1 rings (SSSR count). The second kappa shape index (κ2) is 10.1. The number of methoxy groups -OCH3 is 3. The number of ether oxygens (including phenoxy) is 3. The van der Waals surface area contributed by atoms with Crippen LogP contribution in [0.2, 0.25) is 0 Å². The van der Waals surface area contributed by atoms with Crippen molar-refractivity contribution < 1.29 is 28.6 Å². The number of hydrazine groups is 1. The number of amides is 3. The molecule has 0 aliphatic heterocycles. The van der Waals surface area contributed by atoms with Crippen molar-refractivity contribution in [3.05, 3.63) is 17.7 Å². The largest absolute Gasteiger partial charge is 0.493 e. The van der Waals surface area contributed by atoms with E-state index >= 15 is 0 Å². The average Bonchev–Trinajstić information content (AvgIpc) is 2.62. The van der Waals surface area contributed by atoms with Crippen molar-refractivity contribution in [3.63, 3.8) is 0 Å². The van der Waals surface area contributed by atoms with Gasteiger partial charge in [0.15, 0.2) is 11.5 Å². The number of carbonyl (C=O) groups is 3. The summed E-state index contributed by atoms with van der Waals surface area (Å²) in [5.74, 6) is -0.186. The number of rotatable bonds is 8. The van der Waals surface area contributed by atoms with Crippen LogP contribution in [0.15, 0.2) is 12.1 Å². The molecule has 0 saturated heterocycles. The van der Waals surface area contributed by atoms with Gasteiger partial charge in [-0.2, -0.15) is 0 Å². The first kappa shape index (κ1) is 21.1. The van der Waals surface area contributed by atoms with Crippen LogP contribution in [0.4, 0.5) is 0 Å². The van der Waals surface area contributed by atoms with Crippen LogP contribution in [0.3, 0.4) is 0 Å². The second-order valence-corrected chi connectivity index (χ2v) is 5.79. The lowest BCUT2D eigenvalue weighted by atomic mass is 10.1. The summed E-state index contributed by atoms with van der Waals surface area (Å²) in [6.45, 7) is 3.47. The third kappa shape index (κ3) is 6.15. The monoisotopic (exact) mass is 367 g/mol. The Bertz CT molecular complexity index is 635. The molecule has 0 bridgehead atoms. The van der Waals surface area contributed by atoms with Crippen LogP contribution in [0.5, 0.6) is 17.2 Å². The summed E-state index contributed by atoms with van der Waals surface area (Å²) < 4.78 is 15.5. The van der Waals surface area contributed by atoms with Crippen molar-refractivity contribution in [2.45, 2.75) is 20.3 Å². The lowest BCUT2D eigenvalue weighted by Gasteiger charge is -2.14. The molecular formula is C17H25N3O6. The minimum Gasteiger partial charge on any atom is -0.493 e. The Hall–Kier alpha value is -2.97. The molecule has 3 N–H and O–H groups in total. The van der Waals surface area contributed by atoms with Gasteiger partial charge < -0.3 is 19.5 Å². The highest BCUT2D eigenvalue weighted by molar-refractivity contribution is 5.97. The summed E-state index contributed by atoms with van der Waals surface area (Å²) >= 11 is 0. The number of nitrogens with one attached hydrogen (secondary N) is 3. The maximum absolute atomic E-state index is 12.2. The van der Waals surface area contributed by atoms with Crippen LogP contribution in [0, 0.1) is 5.92 Å². The molecular weight excluding hydrogens is 342 g/mol. The highest BCUT2D eigenvalue weighted by Gasteiger charge is 2.17. The minimum atomic E-state index is -0.553. The third-order valence-electron chi connectivity index (χ3n) is 3.27. The molecule has 26 heavy (non-hydrogen) atoms. The first-order valence-electron chi connectivity index (χ1n) is 7.98. The van der Waals surface area contributed by atoms with Crippen LogP contribution < -0.4 is 30.4 Å². The van der Waals surface area contributed by atoms with Gasteiger partial charge in [-0.25, -0.2) is 0 Å². The molecule has 0 radical (unpaired) electrons. The minimum absolute atomic E-state index is 0.173. The normalized spacial score (nSPS) is 10.1. The summed E-state index contributed by atoms with van der Waals surface area (Å²) in [7, 11) is 4.33. The first-order valence-corrected chi connectivity index (χ1v) is 7.98. The van der Waals surface area contributed by atoms with E-state index < -0.39 is 11.8 Å². The van der Waals surface area contributed by atoms with Crippen LogP contribution in [-0.2, 0) is 9.59 Å². The zero-order valence-electron chi connectivity index (χ0n) is 15.6. The molecule has 144 valence electrons. The van der Waals surface area contributed by atoms with Gasteiger partial charge in [-0.1, -0.05) is 13.8 Å². The Morgan fingerprint density at radius 2 is 1.46 bits per heavy atom. The van der Waals surface area contributed by atoms with E-state index in [-0.39, 0.29) is 30.4 Å².